The number of nitrogens with one attached hydrogen (secondary N) is 2. The summed E-state index contributed by atoms with van der Waals surface area (Å²) >= 11 is 0. The van der Waals surface area contributed by atoms with Crippen LogP contribution in [0.4, 0.5) is 10.1 Å². The lowest BCUT2D eigenvalue weighted by Gasteiger charge is -2.29. The van der Waals surface area contributed by atoms with E-state index in [0.717, 1.165) is 25.7 Å². The number of anilines is 1. The van der Waals surface area contributed by atoms with Crippen LogP contribution in [0, 0.1) is 11.7 Å². The molecule has 2 atom stereocenters. The highest BCUT2D eigenvalue weighted by Gasteiger charge is 2.29. The molecule has 2 aromatic rings. The zero-order chi connectivity index (χ0) is 21.0. The van der Waals surface area contributed by atoms with E-state index in [0.29, 0.717) is 0 Å². The van der Waals surface area contributed by atoms with Crippen LogP contribution in [0.25, 0.3) is 0 Å². The Hall–Kier alpha value is -2.45. The lowest BCUT2D eigenvalue weighted by molar-refractivity contribution is 0.102. The van der Waals surface area contributed by atoms with Crippen molar-refractivity contribution in [2.75, 3.05) is 12.4 Å². The molecular weight excluding hydrogens is 395 g/mol. The van der Waals surface area contributed by atoms with Gasteiger partial charge >= 0.3 is 0 Å². The van der Waals surface area contributed by atoms with Crippen LogP contribution in [-0.2, 0) is 10.0 Å². The van der Waals surface area contributed by atoms with Crippen molar-refractivity contribution >= 4 is 21.6 Å². The number of rotatable bonds is 6. The van der Waals surface area contributed by atoms with Crippen LogP contribution in [0.15, 0.2) is 47.4 Å². The molecule has 29 heavy (non-hydrogen) atoms. The van der Waals surface area contributed by atoms with Crippen LogP contribution < -0.4 is 14.8 Å². The third-order valence-corrected chi connectivity index (χ3v) is 6.73. The average molecular weight is 421 g/mol. The zero-order valence-corrected chi connectivity index (χ0v) is 17.3. The van der Waals surface area contributed by atoms with Gasteiger partial charge in [-0.3, -0.25) is 4.79 Å². The molecule has 1 saturated carbocycles. The monoisotopic (exact) mass is 420 g/mol. The van der Waals surface area contributed by atoms with Crippen LogP contribution in [0.5, 0.6) is 5.75 Å². The van der Waals surface area contributed by atoms with E-state index >= 15 is 0 Å². The van der Waals surface area contributed by atoms with Crippen LogP contribution >= 0.6 is 0 Å². The van der Waals surface area contributed by atoms with Crippen molar-refractivity contribution in [3.05, 3.63) is 53.8 Å². The van der Waals surface area contributed by atoms with Gasteiger partial charge in [-0.25, -0.2) is 17.5 Å². The molecule has 0 bridgehead atoms. The second-order valence-electron chi connectivity index (χ2n) is 7.32. The summed E-state index contributed by atoms with van der Waals surface area (Å²) in [7, 11) is -2.51. The van der Waals surface area contributed by atoms with E-state index in [1.165, 1.54) is 43.5 Å². The summed E-state index contributed by atoms with van der Waals surface area (Å²) in [4.78, 5) is 12.5. The Bertz CT molecular complexity index is 994. The lowest BCUT2D eigenvalue weighted by atomic mass is 9.87. The molecular formula is C21H25FN2O4S. The molecule has 3 rings (SSSR count). The van der Waals surface area contributed by atoms with Gasteiger partial charge in [-0.05, 0) is 55.2 Å². The minimum Gasteiger partial charge on any atom is -0.495 e. The number of halogens is 1. The molecule has 6 nitrogen and oxygen atoms in total. The Kier molecular flexibility index (Phi) is 6.54. The molecule has 1 fully saturated rings. The first-order valence-electron chi connectivity index (χ1n) is 9.57. The number of hydrogen-bond donors (Lipinski definition) is 2. The molecule has 2 unspecified atom stereocenters. The van der Waals surface area contributed by atoms with Crippen molar-refractivity contribution in [1.29, 1.82) is 0 Å². The molecule has 0 aromatic heterocycles. The maximum Gasteiger partial charge on any atom is 0.255 e. The fourth-order valence-corrected chi connectivity index (χ4v) is 5.13. The first-order chi connectivity index (χ1) is 13.8. The SMILES string of the molecule is COc1ccc(C(=O)Nc2cccc(F)c2)cc1S(=O)(=O)NC1CCCCC1C. The highest BCUT2D eigenvalue weighted by atomic mass is 32.2. The number of hydrogen-bond acceptors (Lipinski definition) is 4. The first-order valence-corrected chi connectivity index (χ1v) is 11.1. The largest absolute Gasteiger partial charge is 0.495 e. The van der Waals surface area contributed by atoms with E-state index in [2.05, 4.69) is 10.0 Å². The minimum absolute atomic E-state index is 0.0929. The topological polar surface area (TPSA) is 84.5 Å². The summed E-state index contributed by atoms with van der Waals surface area (Å²) in [6, 6.07) is 9.52. The van der Waals surface area contributed by atoms with Crippen molar-refractivity contribution in [2.45, 2.75) is 43.5 Å². The normalized spacial score (nSPS) is 19.6. The Morgan fingerprint density at radius 1 is 1.14 bits per heavy atom. The van der Waals surface area contributed by atoms with Crippen molar-refractivity contribution in [2.24, 2.45) is 5.92 Å². The molecule has 2 aromatic carbocycles. The van der Waals surface area contributed by atoms with Gasteiger partial charge in [-0.1, -0.05) is 25.8 Å². The van der Waals surface area contributed by atoms with Gasteiger partial charge in [0.1, 0.15) is 16.5 Å². The van der Waals surface area contributed by atoms with Crippen molar-refractivity contribution < 1.29 is 22.3 Å². The highest BCUT2D eigenvalue weighted by Crippen LogP contribution is 2.29. The molecule has 1 amide bonds. The Morgan fingerprint density at radius 3 is 2.59 bits per heavy atom. The number of carbonyl (C=O) groups is 1. The van der Waals surface area contributed by atoms with Crippen LogP contribution in [0.1, 0.15) is 43.0 Å². The van der Waals surface area contributed by atoms with E-state index in [4.69, 9.17) is 4.74 Å². The summed E-state index contributed by atoms with van der Waals surface area (Å²) in [6.45, 7) is 2.03. The second kappa shape index (κ2) is 8.92. The first kappa shape index (κ1) is 21.3. The van der Waals surface area contributed by atoms with Gasteiger partial charge in [0.05, 0.1) is 7.11 Å². The summed E-state index contributed by atoms with van der Waals surface area (Å²) in [5.74, 6) is -0.625. The van der Waals surface area contributed by atoms with Crippen LogP contribution in [0.3, 0.4) is 0 Å². The Morgan fingerprint density at radius 2 is 1.90 bits per heavy atom. The second-order valence-corrected chi connectivity index (χ2v) is 9.00. The predicted molar refractivity (Wildman–Crippen MR) is 109 cm³/mol. The van der Waals surface area contributed by atoms with Gasteiger partial charge in [0.25, 0.3) is 5.91 Å². The van der Waals surface area contributed by atoms with Crippen molar-refractivity contribution in [3.8, 4) is 5.75 Å². The van der Waals surface area contributed by atoms with Gasteiger partial charge in [-0.2, -0.15) is 0 Å². The fourth-order valence-electron chi connectivity index (χ4n) is 3.55. The minimum atomic E-state index is -3.89. The van der Waals surface area contributed by atoms with E-state index in [9.17, 15) is 17.6 Å². The Labute approximate surface area is 170 Å². The number of ether oxygens (including phenoxy) is 1. The average Bonchev–Trinajstić information content (AvgIpc) is 2.69. The predicted octanol–water partition coefficient (Wildman–Crippen LogP) is 3.94. The molecule has 0 radical (unpaired) electrons. The number of benzene rings is 2. The van der Waals surface area contributed by atoms with Gasteiger partial charge in [-0.15, -0.1) is 0 Å². The van der Waals surface area contributed by atoms with Gasteiger partial charge in [0, 0.05) is 17.3 Å². The third-order valence-electron chi connectivity index (χ3n) is 5.22. The maximum absolute atomic E-state index is 13.3. The van der Waals surface area contributed by atoms with Crippen molar-refractivity contribution in [1.82, 2.24) is 4.72 Å². The summed E-state index contributed by atoms with van der Waals surface area (Å²) in [5, 5.41) is 2.57. The molecule has 156 valence electrons. The summed E-state index contributed by atoms with van der Waals surface area (Å²) in [5.41, 5.74) is 0.413. The van der Waals surface area contributed by atoms with E-state index in [1.807, 2.05) is 6.92 Å². The van der Waals surface area contributed by atoms with Gasteiger partial charge in [0.15, 0.2) is 0 Å². The number of amides is 1. The van der Waals surface area contributed by atoms with Crippen LogP contribution in [-0.4, -0.2) is 27.5 Å². The van der Waals surface area contributed by atoms with Gasteiger partial charge in [0.2, 0.25) is 10.0 Å². The highest BCUT2D eigenvalue weighted by molar-refractivity contribution is 7.89. The molecule has 2 N–H and O–H groups in total. The molecule has 0 aliphatic heterocycles. The summed E-state index contributed by atoms with van der Waals surface area (Å²) < 4.78 is 47.4. The fraction of sp³-hybridized carbons (Fsp3) is 0.381. The summed E-state index contributed by atoms with van der Waals surface area (Å²) in [6.07, 6.45) is 3.83. The zero-order valence-electron chi connectivity index (χ0n) is 16.4. The quantitative estimate of drug-likeness (QED) is 0.741. The molecule has 8 heteroatoms. The van der Waals surface area contributed by atoms with E-state index < -0.39 is 21.7 Å². The molecule has 1 aliphatic carbocycles. The Balaban J connectivity index is 1.87. The molecule has 0 saturated heterocycles. The van der Waals surface area contributed by atoms with Crippen LogP contribution in [0.2, 0.25) is 0 Å². The number of methoxy groups -OCH3 is 1. The van der Waals surface area contributed by atoms with Crippen molar-refractivity contribution in [3.63, 3.8) is 0 Å². The molecule has 1 aliphatic rings. The number of carbonyl (C=O) groups excluding carboxylic acids is 1. The smallest absolute Gasteiger partial charge is 0.255 e. The third kappa shape index (κ3) is 5.13. The lowest BCUT2D eigenvalue weighted by Crippen LogP contribution is -2.41. The standard InChI is InChI=1S/C21H25FN2O4S/c1-14-6-3-4-9-18(14)24-29(26,27)20-12-15(10-11-19(20)28-2)21(25)23-17-8-5-7-16(22)13-17/h5,7-8,10-14,18,24H,3-4,6,9H2,1-2H3,(H,23,25). The molecule has 0 spiro atoms. The molecule has 0 heterocycles. The van der Waals surface area contributed by atoms with E-state index in [1.54, 1.807) is 6.07 Å². The number of sulfonamides is 1. The van der Waals surface area contributed by atoms with E-state index in [-0.39, 0.29) is 33.9 Å². The van der Waals surface area contributed by atoms with Gasteiger partial charge < -0.3 is 10.1 Å². The maximum atomic E-state index is 13.3.